The van der Waals surface area contributed by atoms with Gasteiger partial charge in [0, 0.05) is 23.6 Å². The van der Waals surface area contributed by atoms with E-state index in [1.807, 2.05) is 11.3 Å². The Kier molecular flexibility index (Phi) is 3.56. The maximum absolute atomic E-state index is 5.44. The van der Waals surface area contributed by atoms with E-state index in [1.54, 1.807) is 0 Å². The topological polar surface area (TPSA) is 21.3 Å². The highest BCUT2D eigenvalue weighted by Crippen LogP contribution is 2.20. The molecule has 2 nitrogen and oxygen atoms in total. The zero-order chi connectivity index (χ0) is 9.80. The van der Waals surface area contributed by atoms with Crippen molar-refractivity contribution in [3.63, 3.8) is 0 Å². The van der Waals surface area contributed by atoms with Crippen molar-refractivity contribution in [1.82, 2.24) is 5.32 Å². The largest absolute Gasteiger partial charge is 0.380 e. The molecular formula is C11H17NOS. The number of hydrogen-bond donors (Lipinski definition) is 1. The van der Waals surface area contributed by atoms with Gasteiger partial charge in [-0.2, -0.15) is 0 Å². The van der Waals surface area contributed by atoms with Crippen molar-refractivity contribution in [2.24, 2.45) is 0 Å². The van der Waals surface area contributed by atoms with Crippen molar-refractivity contribution in [3.8, 4) is 0 Å². The van der Waals surface area contributed by atoms with E-state index in [1.165, 1.54) is 17.7 Å². The van der Waals surface area contributed by atoms with Gasteiger partial charge in [0.05, 0.1) is 6.61 Å². The van der Waals surface area contributed by atoms with Crippen LogP contribution in [-0.2, 0) is 4.74 Å². The molecule has 1 unspecified atom stereocenters. The minimum absolute atomic E-state index is 0.460. The number of thiophene rings is 1. The molecule has 1 fully saturated rings. The third kappa shape index (κ3) is 2.56. The molecule has 0 aliphatic carbocycles. The van der Waals surface area contributed by atoms with Crippen molar-refractivity contribution in [1.29, 1.82) is 0 Å². The second-order valence-corrected chi connectivity index (χ2v) is 4.80. The Morgan fingerprint density at radius 2 is 2.57 bits per heavy atom. The van der Waals surface area contributed by atoms with Crippen molar-refractivity contribution in [3.05, 3.63) is 22.4 Å². The molecule has 1 aromatic heterocycles. The fourth-order valence-electron chi connectivity index (χ4n) is 1.85. The van der Waals surface area contributed by atoms with E-state index in [4.69, 9.17) is 4.74 Å². The highest BCUT2D eigenvalue weighted by Gasteiger charge is 2.16. The summed E-state index contributed by atoms with van der Waals surface area (Å²) in [6, 6.07) is 5.30. The van der Waals surface area contributed by atoms with Crippen LogP contribution in [-0.4, -0.2) is 19.3 Å². The summed E-state index contributed by atoms with van der Waals surface area (Å²) in [7, 11) is 0. The summed E-state index contributed by atoms with van der Waals surface area (Å²) in [6.07, 6.45) is 2.44. The highest BCUT2D eigenvalue weighted by molar-refractivity contribution is 7.10. The van der Waals surface area contributed by atoms with Gasteiger partial charge in [0.1, 0.15) is 0 Å². The first-order valence-corrected chi connectivity index (χ1v) is 6.11. The monoisotopic (exact) mass is 211 g/mol. The summed E-state index contributed by atoms with van der Waals surface area (Å²) in [6.45, 7) is 4.03. The van der Waals surface area contributed by atoms with Crippen molar-refractivity contribution in [2.45, 2.75) is 31.8 Å². The maximum atomic E-state index is 5.44. The average Bonchev–Trinajstić information content (AvgIpc) is 2.72. The van der Waals surface area contributed by atoms with Gasteiger partial charge in [-0.3, -0.25) is 0 Å². The molecule has 78 valence electrons. The van der Waals surface area contributed by atoms with Crippen LogP contribution in [0, 0.1) is 0 Å². The van der Waals surface area contributed by atoms with Gasteiger partial charge in [-0.1, -0.05) is 6.07 Å². The van der Waals surface area contributed by atoms with E-state index in [-0.39, 0.29) is 0 Å². The fourth-order valence-corrected chi connectivity index (χ4v) is 2.59. The molecule has 2 rings (SSSR count). The third-order valence-corrected chi connectivity index (χ3v) is 3.67. The SMILES string of the molecule is C[C@@H](NC1CCCOC1)c1cccs1. The Morgan fingerprint density at radius 1 is 1.64 bits per heavy atom. The van der Waals surface area contributed by atoms with Crippen LogP contribution in [0.4, 0.5) is 0 Å². The van der Waals surface area contributed by atoms with Crippen LogP contribution in [0.3, 0.4) is 0 Å². The number of rotatable bonds is 3. The lowest BCUT2D eigenvalue weighted by molar-refractivity contribution is 0.0672. The first kappa shape index (κ1) is 10.1. The van der Waals surface area contributed by atoms with Crippen molar-refractivity contribution < 1.29 is 4.74 Å². The molecular weight excluding hydrogens is 194 g/mol. The Hall–Kier alpha value is -0.380. The summed E-state index contributed by atoms with van der Waals surface area (Å²) in [5, 5.41) is 5.74. The normalized spacial score (nSPS) is 24.8. The number of hydrogen-bond acceptors (Lipinski definition) is 3. The Labute approximate surface area is 89.3 Å². The third-order valence-electron chi connectivity index (χ3n) is 2.62. The van der Waals surface area contributed by atoms with Crippen LogP contribution in [0.5, 0.6) is 0 Å². The molecule has 1 aromatic rings. The number of nitrogens with one attached hydrogen (secondary N) is 1. The zero-order valence-corrected chi connectivity index (χ0v) is 9.35. The highest BCUT2D eigenvalue weighted by atomic mass is 32.1. The fraction of sp³-hybridized carbons (Fsp3) is 0.636. The lowest BCUT2D eigenvalue weighted by atomic mass is 10.1. The van der Waals surface area contributed by atoms with Crippen LogP contribution in [0.2, 0.25) is 0 Å². The van der Waals surface area contributed by atoms with Crippen LogP contribution in [0.25, 0.3) is 0 Å². The van der Waals surface area contributed by atoms with Gasteiger partial charge in [-0.25, -0.2) is 0 Å². The summed E-state index contributed by atoms with van der Waals surface area (Å²) in [5.41, 5.74) is 0. The molecule has 2 atom stereocenters. The van der Waals surface area contributed by atoms with Crippen molar-refractivity contribution in [2.75, 3.05) is 13.2 Å². The van der Waals surface area contributed by atoms with Gasteiger partial charge < -0.3 is 10.1 Å². The van der Waals surface area contributed by atoms with Gasteiger partial charge in [0.25, 0.3) is 0 Å². The molecule has 0 radical (unpaired) electrons. The van der Waals surface area contributed by atoms with Crippen LogP contribution in [0.15, 0.2) is 17.5 Å². The Balaban J connectivity index is 1.84. The molecule has 3 heteroatoms. The maximum Gasteiger partial charge on any atom is 0.0619 e. The predicted octanol–water partition coefficient (Wildman–Crippen LogP) is 2.58. The Bertz CT molecular complexity index is 254. The quantitative estimate of drug-likeness (QED) is 0.829. The molecule has 0 amide bonds. The first-order valence-electron chi connectivity index (χ1n) is 5.23. The van der Waals surface area contributed by atoms with Crippen LogP contribution >= 0.6 is 11.3 Å². The molecule has 0 bridgehead atoms. The van der Waals surface area contributed by atoms with Gasteiger partial charge in [0.15, 0.2) is 0 Å². The van der Waals surface area contributed by atoms with E-state index in [0.717, 1.165) is 13.2 Å². The lowest BCUT2D eigenvalue weighted by Gasteiger charge is -2.26. The molecule has 2 heterocycles. The van der Waals surface area contributed by atoms with Gasteiger partial charge in [-0.05, 0) is 31.2 Å². The van der Waals surface area contributed by atoms with E-state index in [2.05, 4.69) is 29.8 Å². The first-order chi connectivity index (χ1) is 6.86. The minimum atomic E-state index is 0.460. The zero-order valence-electron chi connectivity index (χ0n) is 8.53. The lowest BCUT2D eigenvalue weighted by Crippen LogP contribution is -2.38. The molecule has 0 saturated carbocycles. The van der Waals surface area contributed by atoms with Gasteiger partial charge in [-0.15, -0.1) is 11.3 Å². The molecule has 1 N–H and O–H groups in total. The molecule has 1 aliphatic rings. The van der Waals surface area contributed by atoms with E-state index < -0.39 is 0 Å². The van der Waals surface area contributed by atoms with Crippen LogP contribution < -0.4 is 5.32 Å². The summed E-state index contributed by atoms with van der Waals surface area (Å²) in [5.74, 6) is 0. The van der Waals surface area contributed by atoms with E-state index >= 15 is 0 Å². The smallest absolute Gasteiger partial charge is 0.0619 e. The molecule has 14 heavy (non-hydrogen) atoms. The molecule has 0 spiro atoms. The summed E-state index contributed by atoms with van der Waals surface area (Å²) < 4.78 is 5.44. The minimum Gasteiger partial charge on any atom is -0.380 e. The Morgan fingerprint density at radius 3 is 3.21 bits per heavy atom. The summed E-state index contributed by atoms with van der Waals surface area (Å²) in [4.78, 5) is 1.41. The van der Waals surface area contributed by atoms with E-state index in [0.29, 0.717) is 12.1 Å². The molecule has 1 saturated heterocycles. The second kappa shape index (κ2) is 4.91. The standard InChI is InChI=1S/C11H17NOS/c1-9(11-5-3-7-14-11)12-10-4-2-6-13-8-10/h3,5,7,9-10,12H,2,4,6,8H2,1H3/t9-,10?/m1/s1. The van der Waals surface area contributed by atoms with Gasteiger partial charge in [0.2, 0.25) is 0 Å². The van der Waals surface area contributed by atoms with E-state index in [9.17, 15) is 0 Å². The summed E-state index contributed by atoms with van der Waals surface area (Å²) >= 11 is 1.82. The van der Waals surface area contributed by atoms with Crippen LogP contribution in [0.1, 0.15) is 30.7 Å². The second-order valence-electron chi connectivity index (χ2n) is 3.82. The van der Waals surface area contributed by atoms with Crippen molar-refractivity contribution >= 4 is 11.3 Å². The molecule has 0 aromatic carbocycles. The molecule has 1 aliphatic heterocycles. The number of ether oxygens (including phenoxy) is 1. The van der Waals surface area contributed by atoms with Gasteiger partial charge >= 0.3 is 0 Å². The predicted molar refractivity (Wildman–Crippen MR) is 59.7 cm³/mol. The average molecular weight is 211 g/mol.